The van der Waals surface area contributed by atoms with Crippen LogP contribution < -0.4 is 5.32 Å². The molecule has 1 fully saturated rings. The molecule has 1 amide bonds. The minimum atomic E-state index is -3.57. The summed E-state index contributed by atoms with van der Waals surface area (Å²) >= 11 is 1.28. The van der Waals surface area contributed by atoms with Gasteiger partial charge >= 0.3 is 0 Å². The molecule has 9 heteroatoms. The topological polar surface area (TPSA) is 88.6 Å². The fraction of sp³-hybridized carbons (Fsp3) is 0.368. The Hall–Kier alpha value is -1.94. The van der Waals surface area contributed by atoms with Crippen molar-refractivity contribution in [2.45, 2.75) is 29.0 Å². The Morgan fingerprint density at radius 3 is 2.64 bits per heavy atom. The molecular formula is C19H23N3O4S2. The van der Waals surface area contributed by atoms with E-state index in [4.69, 9.17) is 4.74 Å². The van der Waals surface area contributed by atoms with Crippen molar-refractivity contribution >= 4 is 33.4 Å². The van der Waals surface area contributed by atoms with Gasteiger partial charge in [-0.3, -0.25) is 4.79 Å². The fourth-order valence-corrected chi connectivity index (χ4v) is 4.87. The smallest absolute Gasteiger partial charge is 0.244 e. The van der Waals surface area contributed by atoms with Crippen LogP contribution in [-0.2, 0) is 19.6 Å². The number of thioether (sulfide) groups is 1. The molecule has 0 bridgehead atoms. The summed E-state index contributed by atoms with van der Waals surface area (Å²) in [5.74, 6) is -0.137. The van der Waals surface area contributed by atoms with Gasteiger partial charge in [0.2, 0.25) is 15.9 Å². The lowest BCUT2D eigenvalue weighted by Gasteiger charge is -2.25. The monoisotopic (exact) mass is 421 g/mol. The summed E-state index contributed by atoms with van der Waals surface area (Å²) < 4.78 is 31.8. The molecule has 0 aliphatic carbocycles. The molecule has 7 nitrogen and oxygen atoms in total. The molecule has 3 rings (SSSR count). The third-order valence-electron chi connectivity index (χ3n) is 4.27. The number of nitrogens with one attached hydrogen (secondary N) is 1. The number of ether oxygens (including phenoxy) is 1. The molecule has 0 saturated carbocycles. The van der Waals surface area contributed by atoms with Crippen LogP contribution in [0.5, 0.6) is 0 Å². The van der Waals surface area contributed by atoms with Gasteiger partial charge in [0, 0.05) is 25.0 Å². The zero-order chi connectivity index (χ0) is 20.1. The number of sulfonamides is 1. The molecule has 28 heavy (non-hydrogen) atoms. The molecule has 1 aromatic heterocycles. The number of rotatable bonds is 6. The van der Waals surface area contributed by atoms with Crippen LogP contribution in [0.25, 0.3) is 0 Å². The molecule has 0 spiro atoms. The van der Waals surface area contributed by atoms with Crippen molar-refractivity contribution in [1.29, 1.82) is 0 Å². The van der Waals surface area contributed by atoms with Gasteiger partial charge in [-0.25, -0.2) is 13.4 Å². The minimum absolute atomic E-state index is 0.137. The standard InChI is InChI=1S/C19H23N3O4S2/c1-14-4-3-5-16(12-14)21-19(23)15(2)27-18-7-6-17(13-20-18)28(24,25)22-8-10-26-11-9-22/h3-7,12-13,15H,8-11H2,1-2H3,(H,21,23)/t15-/m0/s1. The van der Waals surface area contributed by atoms with Crippen LogP contribution in [0.4, 0.5) is 5.69 Å². The fourth-order valence-electron chi connectivity index (χ4n) is 2.73. The van der Waals surface area contributed by atoms with Crippen molar-refractivity contribution in [1.82, 2.24) is 9.29 Å². The number of aromatic nitrogens is 1. The van der Waals surface area contributed by atoms with E-state index in [1.807, 2.05) is 31.2 Å². The van der Waals surface area contributed by atoms with Gasteiger partial charge in [-0.2, -0.15) is 4.31 Å². The molecule has 1 aliphatic rings. The maximum Gasteiger partial charge on any atom is 0.244 e. The zero-order valence-electron chi connectivity index (χ0n) is 15.8. The SMILES string of the molecule is Cc1cccc(NC(=O)[C@H](C)Sc2ccc(S(=O)(=O)N3CCOCC3)cn2)c1. The quantitative estimate of drug-likeness (QED) is 0.721. The Labute approximate surface area is 169 Å². The van der Waals surface area contributed by atoms with Crippen molar-refractivity contribution in [2.24, 2.45) is 0 Å². The van der Waals surface area contributed by atoms with Crippen LogP contribution in [0.1, 0.15) is 12.5 Å². The van der Waals surface area contributed by atoms with E-state index >= 15 is 0 Å². The predicted octanol–water partition coefficient (Wildman–Crippen LogP) is 2.53. The molecule has 0 radical (unpaired) electrons. The maximum absolute atomic E-state index is 12.6. The van der Waals surface area contributed by atoms with E-state index < -0.39 is 10.0 Å². The van der Waals surface area contributed by atoms with E-state index in [-0.39, 0.29) is 16.1 Å². The highest BCUT2D eigenvalue weighted by atomic mass is 32.2. The predicted molar refractivity (Wildman–Crippen MR) is 109 cm³/mol. The van der Waals surface area contributed by atoms with Gasteiger partial charge in [0.05, 0.1) is 23.5 Å². The highest BCUT2D eigenvalue weighted by Gasteiger charge is 2.26. The number of hydrogen-bond donors (Lipinski definition) is 1. The average molecular weight is 422 g/mol. The van der Waals surface area contributed by atoms with Gasteiger partial charge in [0.15, 0.2) is 0 Å². The van der Waals surface area contributed by atoms with E-state index in [2.05, 4.69) is 10.3 Å². The summed E-state index contributed by atoms with van der Waals surface area (Å²) in [7, 11) is -3.57. The van der Waals surface area contributed by atoms with Crippen molar-refractivity contribution in [2.75, 3.05) is 31.6 Å². The first kappa shape index (κ1) is 20.8. The summed E-state index contributed by atoms with van der Waals surface area (Å²) in [6.07, 6.45) is 1.35. The van der Waals surface area contributed by atoms with E-state index in [9.17, 15) is 13.2 Å². The number of hydrogen-bond acceptors (Lipinski definition) is 6. The Morgan fingerprint density at radius 1 is 1.25 bits per heavy atom. The highest BCUT2D eigenvalue weighted by molar-refractivity contribution is 8.00. The van der Waals surface area contributed by atoms with Crippen LogP contribution in [0, 0.1) is 6.92 Å². The van der Waals surface area contributed by atoms with Crippen molar-refractivity contribution in [3.05, 3.63) is 48.2 Å². The lowest BCUT2D eigenvalue weighted by atomic mass is 10.2. The molecular weight excluding hydrogens is 398 g/mol. The number of amides is 1. The summed E-state index contributed by atoms with van der Waals surface area (Å²) in [6, 6.07) is 10.8. The number of nitrogens with zero attached hydrogens (tertiary/aromatic N) is 2. The van der Waals surface area contributed by atoms with Gasteiger partial charge in [-0.1, -0.05) is 23.9 Å². The lowest BCUT2D eigenvalue weighted by molar-refractivity contribution is -0.115. The Bertz CT molecular complexity index is 926. The molecule has 1 aliphatic heterocycles. The second-order valence-corrected chi connectivity index (χ2v) is 9.77. The number of pyridine rings is 1. The number of carbonyl (C=O) groups excluding carboxylic acids is 1. The van der Waals surface area contributed by atoms with E-state index in [1.165, 1.54) is 28.3 Å². The Kier molecular flexibility index (Phi) is 6.71. The third-order valence-corrected chi connectivity index (χ3v) is 7.20. The van der Waals surface area contributed by atoms with Crippen molar-refractivity contribution in [3.8, 4) is 0 Å². The van der Waals surface area contributed by atoms with E-state index in [0.717, 1.165) is 11.3 Å². The molecule has 150 valence electrons. The van der Waals surface area contributed by atoms with E-state index in [1.54, 1.807) is 13.0 Å². The maximum atomic E-state index is 12.6. The van der Waals surface area contributed by atoms with Gasteiger partial charge in [0.1, 0.15) is 4.90 Å². The Balaban J connectivity index is 1.62. The number of carbonyl (C=O) groups is 1. The third kappa shape index (κ3) is 5.11. The summed E-state index contributed by atoms with van der Waals surface area (Å²) in [4.78, 5) is 16.8. The highest BCUT2D eigenvalue weighted by Crippen LogP contribution is 2.24. The van der Waals surface area contributed by atoms with Gasteiger partial charge in [0.25, 0.3) is 0 Å². The first-order valence-corrected chi connectivity index (χ1v) is 11.3. The van der Waals surface area contributed by atoms with Crippen LogP contribution in [0.15, 0.2) is 52.5 Å². The molecule has 0 unspecified atom stereocenters. The minimum Gasteiger partial charge on any atom is -0.379 e. The average Bonchev–Trinajstić information content (AvgIpc) is 2.69. The van der Waals surface area contributed by atoms with Gasteiger partial charge in [-0.05, 0) is 43.7 Å². The molecule has 1 atom stereocenters. The van der Waals surface area contributed by atoms with Crippen LogP contribution in [-0.4, -0.2) is 55.2 Å². The second kappa shape index (κ2) is 9.04. The largest absolute Gasteiger partial charge is 0.379 e. The molecule has 1 N–H and O–H groups in total. The molecule has 1 saturated heterocycles. The normalized spacial score (nSPS) is 16.5. The van der Waals surface area contributed by atoms with E-state index in [0.29, 0.717) is 31.3 Å². The lowest BCUT2D eigenvalue weighted by Crippen LogP contribution is -2.40. The number of benzene rings is 1. The summed E-state index contributed by atoms with van der Waals surface area (Å²) in [6.45, 7) is 5.23. The number of morpholine rings is 1. The zero-order valence-corrected chi connectivity index (χ0v) is 17.4. The first-order chi connectivity index (χ1) is 13.4. The van der Waals surface area contributed by atoms with Crippen LogP contribution in [0.3, 0.4) is 0 Å². The van der Waals surface area contributed by atoms with Crippen molar-refractivity contribution < 1.29 is 17.9 Å². The first-order valence-electron chi connectivity index (χ1n) is 8.94. The van der Waals surface area contributed by atoms with Gasteiger partial charge < -0.3 is 10.1 Å². The van der Waals surface area contributed by atoms with Crippen LogP contribution >= 0.6 is 11.8 Å². The van der Waals surface area contributed by atoms with Crippen molar-refractivity contribution in [3.63, 3.8) is 0 Å². The summed E-state index contributed by atoms with van der Waals surface area (Å²) in [5.41, 5.74) is 1.81. The molecule has 2 heterocycles. The Morgan fingerprint density at radius 2 is 2.00 bits per heavy atom. The molecule has 1 aromatic carbocycles. The van der Waals surface area contributed by atoms with Gasteiger partial charge in [-0.15, -0.1) is 0 Å². The number of anilines is 1. The second-order valence-electron chi connectivity index (χ2n) is 6.47. The summed E-state index contributed by atoms with van der Waals surface area (Å²) in [5, 5.41) is 3.09. The molecule has 2 aromatic rings. The van der Waals surface area contributed by atoms with Crippen LogP contribution in [0.2, 0.25) is 0 Å². The number of aryl methyl sites for hydroxylation is 1.